The Morgan fingerprint density at radius 2 is 2.12 bits per heavy atom. The van der Waals surface area contributed by atoms with E-state index in [1.165, 1.54) is 5.56 Å². The van der Waals surface area contributed by atoms with Crippen LogP contribution in [0.15, 0.2) is 33.5 Å². The van der Waals surface area contributed by atoms with Crippen molar-refractivity contribution in [2.24, 2.45) is 0 Å². The van der Waals surface area contributed by atoms with Crippen LogP contribution >= 0.6 is 0 Å². The van der Waals surface area contributed by atoms with Gasteiger partial charge in [0, 0.05) is 11.7 Å². The molecule has 1 atom stereocenters. The lowest BCUT2D eigenvalue weighted by Crippen LogP contribution is -2.37. The summed E-state index contributed by atoms with van der Waals surface area (Å²) in [6.07, 6.45) is 0.913. The van der Waals surface area contributed by atoms with Crippen LogP contribution in [-0.2, 0) is 11.2 Å². The number of hydrogen-bond acceptors (Lipinski definition) is 5. The summed E-state index contributed by atoms with van der Waals surface area (Å²) in [4.78, 5) is 26.9. The highest BCUT2D eigenvalue weighted by atomic mass is 16.4. The second kappa shape index (κ2) is 6.01. The van der Waals surface area contributed by atoms with Crippen molar-refractivity contribution in [3.05, 3.63) is 51.6 Å². The van der Waals surface area contributed by atoms with Gasteiger partial charge >= 0.3 is 0 Å². The van der Waals surface area contributed by atoms with Crippen LogP contribution in [0.1, 0.15) is 23.9 Å². The summed E-state index contributed by atoms with van der Waals surface area (Å²) in [5.74, 6) is 0.513. The smallest absolute Gasteiger partial charge is 0.277 e. The highest BCUT2D eigenvalue weighted by Crippen LogP contribution is 2.32. The van der Waals surface area contributed by atoms with Crippen molar-refractivity contribution in [1.82, 2.24) is 10.2 Å². The number of rotatable bonds is 3. The minimum absolute atomic E-state index is 0.175. The molecular weight excluding hydrogens is 332 g/mol. The molecule has 3 aromatic rings. The second-order valence-corrected chi connectivity index (χ2v) is 6.73. The van der Waals surface area contributed by atoms with Gasteiger partial charge in [0.05, 0.1) is 17.6 Å². The van der Waals surface area contributed by atoms with Crippen molar-refractivity contribution in [1.29, 1.82) is 0 Å². The number of aryl methyl sites for hydroxylation is 2. The van der Waals surface area contributed by atoms with Gasteiger partial charge in [0.15, 0.2) is 0 Å². The fourth-order valence-electron chi connectivity index (χ4n) is 3.72. The molecule has 0 spiro atoms. The molecule has 26 heavy (non-hydrogen) atoms. The molecule has 0 aliphatic carbocycles. The van der Waals surface area contributed by atoms with Crippen LogP contribution in [0.5, 0.6) is 0 Å². The van der Waals surface area contributed by atoms with E-state index in [-0.39, 0.29) is 29.9 Å². The molecule has 1 amide bonds. The third-order valence-corrected chi connectivity index (χ3v) is 4.91. The molecule has 0 bridgehead atoms. The molecule has 0 saturated carbocycles. The maximum absolute atomic E-state index is 12.6. The lowest BCUT2D eigenvalue weighted by atomic mass is 10.1. The van der Waals surface area contributed by atoms with E-state index < -0.39 is 0 Å². The number of aromatic nitrogens is 2. The van der Waals surface area contributed by atoms with E-state index in [1.807, 2.05) is 18.2 Å². The third-order valence-electron chi connectivity index (χ3n) is 4.91. The standard InChI is InChI=1S/C19H20N4O3/c1-10-8-13-6-4-5-7-14(13)23(10)9-15(24)20-19-17-16(12(3)26-19)11(2)21-22-18(17)25/h4-7,10H,8-9H2,1-3H3,(H,20,24)(H,22,25). The Kier molecular flexibility index (Phi) is 3.79. The Morgan fingerprint density at radius 3 is 2.92 bits per heavy atom. The van der Waals surface area contributed by atoms with Crippen LogP contribution < -0.4 is 15.8 Å². The van der Waals surface area contributed by atoms with Gasteiger partial charge in [0.25, 0.3) is 5.56 Å². The fourth-order valence-corrected chi connectivity index (χ4v) is 3.72. The molecule has 1 aromatic carbocycles. The Bertz CT molecular complexity index is 1070. The number of H-pyrrole nitrogens is 1. The predicted molar refractivity (Wildman–Crippen MR) is 99.7 cm³/mol. The topological polar surface area (TPSA) is 91.2 Å². The first-order valence-corrected chi connectivity index (χ1v) is 8.58. The van der Waals surface area contributed by atoms with Gasteiger partial charge in [0.1, 0.15) is 11.1 Å². The number of nitrogens with one attached hydrogen (secondary N) is 2. The number of benzene rings is 1. The van der Waals surface area contributed by atoms with Gasteiger partial charge < -0.3 is 9.32 Å². The number of carbonyl (C=O) groups is 1. The number of carbonyl (C=O) groups excluding carboxylic acids is 1. The minimum Gasteiger partial charge on any atom is -0.444 e. The van der Waals surface area contributed by atoms with Gasteiger partial charge in [-0.1, -0.05) is 18.2 Å². The van der Waals surface area contributed by atoms with Gasteiger partial charge in [0.2, 0.25) is 11.8 Å². The van der Waals surface area contributed by atoms with Crippen molar-refractivity contribution >= 4 is 28.3 Å². The van der Waals surface area contributed by atoms with Crippen LogP contribution in [0.2, 0.25) is 0 Å². The molecule has 1 unspecified atom stereocenters. The number of furan rings is 1. The van der Waals surface area contributed by atoms with Crippen molar-refractivity contribution in [3.63, 3.8) is 0 Å². The van der Waals surface area contributed by atoms with Crippen LogP contribution in [-0.4, -0.2) is 28.7 Å². The average molecular weight is 352 g/mol. The third kappa shape index (κ3) is 2.56. The van der Waals surface area contributed by atoms with Crippen molar-refractivity contribution in [2.75, 3.05) is 16.8 Å². The summed E-state index contributed by atoms with van der Waals surface area (Å²) in [5.41, 5.74) is 2.60. The van der Waals surface area contributed by atoms with Crippen LogP contribution in [0.3, 0.4) is 0 Å². The van der Waals surface area contributed by atoms with Crippen molar-refractivity contribution < 1.29 is 9.21 Å². The molecule has 2 N–H and O–H groups in total. The monoisotopic (exact) mass is 352 g/mol. The molecule has 1 aliphatic rings. The number of para-hydroxylation sites is 1. The highest BCUT2D eigenvalue weighted by Gasteiger charge is 2.28. The van der Waals surface area contributed by atoms with Gasteiger partial charge in [-0.15, -0.1) is 0 Å². The van der Waals surface area contributed by atoms with E-state index in [9.17, 15) is 9.59 Å². The van der Waals surface area contributed by atoms with Crippen LogP contribution in [0, 0.1) is 13.8 Å². The van der Waals surface area contributed by atoms with Crippen molar-refractivity contribution in [3.8, 4) is 0 Å². The first kappa shape index (κ1) is 16.4. The Balaban J connectivity index is 1.61. The van der Waals surface area contributed by atoms with E-state index in [0.29, 0.717) is 22.2 Å². The van der Waals surface area contributed by atoms with E-state index in [4.69, 9.17) is 4.42 Å². The Morgan fingerprint density at radius 1 is 1.35 bits per heavy atom. The maximum Gasteiger partial charge on any atom is 0.277 e. The van der Waals surface area contributed by atoms with E-state index in [1.54, 1.807) is 13.8 Å². The van der Waals surface area contributed by atoms with Crippen molar-refractivity contribution in [2.45, 2.75) is 33.2 Å². The summed E-state index contributed by atoms with van der Waals surface area (Å²) in [6, 6.07) is 8.33. The molecule has 4 rings (SSSR count). The molecule has 1 aliphatic heterocycles. The van der Waals surface area contributed by atoms with E-state index in [2.05, 4.69) is 33.4 Å². The van der Waals surface area contributed by atoms with Crippen LogP contribution in [0.4, 0.5) is 11.6 Å². The molecule has 2 aromatic heterocycles. The summed E-state index contributed by atoms with van der Waals surface area (Å²) in [6.45, 7) is 5.83. The summed E-state index contributed by atoms with van der Waals surface area (Å²) in [5, 5.41) is 10.1. The lowest BCUT2D eigenvalue weighted by Gasteiger charge is -2.23. The van der Waals surface area contributed by atoms with Gasteiger partial charge in [-0.05, 0) is 38.8 Å². The lowest BCUT2D eigenvalue weighted by molar-refractivity contribution is -0.115. The summed E-state index contributed by atoms with van der Waals surface area (Å²) < 4.78 is 5.65. The minimum atomic E-state index is -0.377. The first-order valence-electron chi connectivity index (χ1n) is 8.58. The zero-order valence-corrected chi connectivity index (χ0v) is 14.9. The predicted octanol–water partition coefficient (Wildman–Crippen LogP) is 2.52. The number of nitrogens with zero attached hydrogens (tertiary/aromatic N) is 2. The summed E-state index contributed by atoms with van der Waals surface area (Å²) >= 11 is 0. The number of fused-ring (bicyclic) bond motifs is 2. The molecule has 7 heteroatoms. The van der Waals surface area contributed by atoms with E-state index in [0.717, 1.165) is 12.1 Å². The molecule has 0 saturated heterocycles. The first-order chi connectivity index (χ1) is 12.5. The number of amides is 1. The largest absolute Gasteiger partial charge is 0.444 e. The molecule has 7 nitrogen and oxygen atoms in total. The highest BCUT2D eigenvalue weighted by molar-refractivity contribution is 6.02. The molecular formula is C19H20N4O3. The quantitative estimate of drug-likeness (QED) is 0.756. The molecule has 134 valence electrons. The average Bonchev–Trinajstić information content (AvgIpc) is 3.09. The van der Waals surface area contributed by atoms with E-state index >= 15 is 0 Å². The molecule has 3 heterocycles. The normalized spacial score (nSPS) is 16.1. The number of hydrogen-bond donors (Lipinski definition) is 2. The van der Waals surface area contributed by atoms with Gasteiger partial charge in [-0.25, -0.2) is 5.10 Å². The number of aromatic amines is 1. The SMILES string of the molecule is Cc1n[nH]c(=O)c2c(NC(=O)CN3c4ccccc4CC3C)oc(C)c12. The summed E-state index contributed by atoms with van der Waals surface area (Å²) in [7, 11) is 0. The van der Waals surface area contributed by atoms with Gasteiger partial charge in [-0.2, -0.15) is 5.10 Å². The second-order valence-electron chi connectivity index (χ2n) is 6.73. The molecule has 0 fully saturated rings. The van der Waals surface area contributed by atoms with Crippen LogP contribution in [0.25, 0.3) is 10.8 Å². The maximum atomic E-state index is 12.6. The van der Waals surface area contributed by atoms with Gasteiger partial charge in [-0.3, -0.25) is 14.9 Å². The zero-order chi connectivity index (χ0) is 18.4. The number of anilines is 2. The molecule has 0 radical (unpaired) electrons. The Hall–Kier alpha value is -3.09. The fraction of sp³-hybridized carbons (Fsp3) is 0.316. The zero-order valence-electron chi connectivity index (χ0n) is 14.9. The Labute approximate surface area is 150 Å².